The van der Waals surface area contributed by atoms with Gasteiger partial charge in [0.25, 0.3) is 5.89 Å². The minimum atomic E-state index is -5.53. The van der Waals surface area contributed by atoms with E-state index in [0.29, 0.717) is 5.56 Å². The fraction of sp³-hybridized carbons (Fsp3) is 0.263. The van der Waals surface area contributed by atoms with Gasteiger partial charge in [-0.1, -0.05) is 23.4 Å². The number of nitrogens with zero attached hydrogens (tertiary/aromatic N) is 2. The summed E-state index contributed by atoms with van der Waals surface area (Å²) in [4.78, 5) is 3.97. The first kappa shape index (κ1) is 24.5. The van der Waals surface area contributed by atoms with Crippen molar-refractivity contribution in [2.45, 2.75) is 24.7 Å². The standard InChI is InChI=1S/C19H15F6N3O4S/c20-18(21,22)14-5-2-4-13(10-14)17-26-16(27-32-17)11-31-8-7-12-3-1-6-15(9-12)28-33(29,30)19(23,24)25/h1-6,9-10,28H,7-8,11H2. The molecule has 0 radical (unpaired) electrons. The van der Waals surface area contributed by atoms with Crippen LogP contribution in [-0.2, 0) is 34.0 Å². The highest BCUT2D eigenvalue weighted by molar-refractivity contribution is 7.93. The molecule has 2 aromatic carbocycles. The van der Waals surface area contributed by atoms with Crippen LogP contribution in [0, 0.1) is 0 Å². The second-order valence-electron chi connectivity index (χ2n) is 6.65. The zero-order chi connectivity index (χ0) is 24.3. The lowest BCUT2D eigenvalue weighted by atomic mass is 10.1. The third-order valence-corrected chi connectivity index (χ3v) is 5.27. The van der Waals surface area contributed by atoms with Gasteiger partial charge in [-0.2, -0.15) is 39.7 Å². The molecule has 0 unspecified atom stereocenters. The van der Waals surface area contributed by atoms with E-state index >= 15 is 0 Å². The van der Waals surface area contributed by atoms with E-state index in [1.807, 2.05) is 0 Å². The van der Waals surface area contributed by atoms with Gasteiger partial charge in [0, 0.05) is 11.3 Å². The predicted molar refractivity (Wildman–Crippen MR) is 103 cm³/mol. The number of hydrogen-bond donors (Lipinski definition) is 1. The number of sulfonamides is 1. The number of hydrogen-bond acceptors (Lipinski definition) is 6. The Kier molecular flexibility index (Phi) is 6.97. The zero-order valence-electron chi connectivity index (χ0n) is 16.4. The van der Waals surface area contributed by atoms with Crippen LogP contribution in [0.25, 0.3) is 11.5 Å². The molecule has 0 spiro atoms. The van der Waals surface area contributed by atoms with Crippen LogP contribution < -0.4 is 4.72 Å². The summed E-state index contributed by atoms with van der Waals surface area (Å²) in [5, 5.41) is 3.63. The quantitative estimate of drug-likeness (QED) is 0.357. The summed E-state index contributed by atoms with van der Waals surface area (Å²) in [5.41, 5.74) is -5.98. The number of alkyl halides is 6. The molecule has 0 aliphatic rings. The molecule has 178 valence electrons. The van der Waals surface area contributed by atoms with Crippen molar-refractivity contribution in [2.75, 3.05) is 11.3 Å². The summed E-state index contributed by atoms with van der Waals surface area (Å²) < 4.78 is 110. The van der Waals surface area contributed by atoms with Gasteiger partial charge in [0.2, 0.25) is 0 Å². The molecular weight excluding hydrogens is 480 g/mol. The van der Waals surface area contributed by atoms with Crippen molar-refractivity contribution in [1.82, 2.24) is 10.1 Å². The van der Waals surface area contributed by atoms with Crippen LogP contribution in [0.15, 0.2) is 53.1 Å². The topological polar surface area (TPSA) is 94.3 Å². The number of anilines is 1. The van der Waals surface area contributed by atoms with E-state index in [0.717, 1.165) is 12.1 Å². The molecular formula is C19H15F6N3O4S. The van der Waals surface area contributed by atoms with Crippen molar-refractivity contribution >= 4 is 15.7 Å². The maximum Gasteiger partial charge on any atom is 0.516 e. The smallest absolute Gasteiger partial charge is 0.373 e. The average Bonchev–Trinajstić information content (AvgIpc) is 3.19. The van der Waals surface area contributed by atoms with Crippen molar-refractivity contribution in [3.63, 3.8) is 0 Å². The van der Waals surface area contributed by atoms with Crippen molar-refractivity contribution in [1.29, 1.82) is 0 Å². The number of nitrogens with one attached hydrogen (secondary N) is 1. The average molecular weight is 495 g/mol. The van der Waals surface area contributed by atoms with Crippen molar-refractivity contribution in [3.05, 3.63) is 65.5 Å². The molecule has 1 N–H and O–H groups in total. The van der Waals surface area contributed by atoms with E-state index in [1.54, 1.807) is 6.07 Å². The Bertz CT molecular complexity index is 1210. The zero-order valence-corrected chi connectivity index (χ0v) is 17.3. The molecule has 7 nitrogen and oxygen atoms in total. The summed E-state index contributed by atoms with van der Waals surface area (Å²) in [6.45, 7) is -0.0637. The van der Waals surface area contributed by atoms with Crippen molar-refractivity contribution in [3.8, 4) is 11.5 Å². The van der Waals surface area contributed by atoms with Crippen LogP contribution in [0.4, 0.5) is 32.0 Å². The Morgan fingerprint density at radius 3 is 2.42 bits per heavy atom. The first-order chi connectivity index (χ1) is 15.3. The van der Waals surface area contributed by atoms with Gasteiger partial charge in [-0.15, -0.1) is 0 Å². The van der Waals surface area contributed by atoms with E-state index in [1.165, 1.54) is 35.1 Å². The van der Waals surface area contributed by atoms with Crippen LogP contribution in [0.5, 0.6) is 0 Å². The number of halogens is 6. The van der Waals surface area contributed by atoms with E-state index in [2.05, 4.69) is 10.1 Å². The molecule has 33 heavy (non-hydrogen) atoms. The molecule has 0 bridgehead atoms. The molecule has 0 saturated heterocycles. The molecule has 0 amide bonds. The molecule has 1 heterocycles. The fourth-order valence-electron chi connectivity index (χ4n) is 2.62. The molecule has 0 fully saturated rings. The monoisotopic (exact) mass is 495 g/mol. The Labute approximate surface area is 183 Å². The van der Waals surface area contributed by atoms with Gasteiger partial charge in [0.05, 0.1) is 12.2 Å². The minimum Gasteiger partial charge on any atom is -0.373 e. The van der Waals surface area contributed by atoms with Gasteiger partial charge in [-0.3, -0.25) is 4.72 Å². The SMILES string of the molecule is O=S(=O)(Nc1cccc(CCOCc2noc(-c3cccc(C(F)(F)F)c3)n2)c1)C(F)(F)F. The Balaban J connectivity index is 1.54. The molecule has 0 saturated carbocycles. The minimum absolute atomic E-state index is 0.0723. The molecule has 3 rings (SSSR count). The van der Waals surface area contributed by atoms with E-state index in [4.69, 9.17) is 9.26 Å². The lowest BCUT2D eigenvalue weighted by Crippen LogP contribution is -2.29. The van der Waals surface area contributed by atoms with Crippen LogP contribution in [0.3, 0.4) is 0 Å². The Morgan fingerprint density at radius 2 is 1.73 bits per heavy atom. The van der Waals surface area contributed by atoms with Crippen molar-refractivity contribution in [2.24, 2.45) is 0 Å². The summed E-state index contributed by atoms with van der Waals surface area (Å²) in [6, 6.07) is 9.72. The van der Waals surface area contributed by atoms with Gasteiger partial charge in [-0.25, -0.2) is 0 Å². The highest BCUT2D eigenvalue weighted by Gasteiger charge is 2.46. The van der Waals surface area contributed by atoms with Crippen molar-refractivity contribution < 1.29 is 44.0 Å². The van der Waals surface area contributed by atoms with Crippen LogP contribution in [-0.4, -0.2) is 30.7 Å². The van der Waals surface area contributed by atoms with Crippen LogP contribution >= 0.6 is 0 Å². The third-order valence-electron chi connectivity index (χ3n) is 4.16. The second kappa shape index (κ2) is 9.39. The first-order valence-electron chi connectivity index (χ1n) is 9.11. The molecule has 0 atom stereocenters. The fourth-order valence-corrected chi connectivity index (χ4v) is 3.17. The second-order valence-corrected chi connectivity index (χ2v) is 8.32. The normalized spacial score (nSPS) is 12.7. The lowest BCUT2D eigenvalue weighted by Gasteiger charge is -2.11. The van der Waals surface area contributed by atoms with Gasteiger partial charge in [0.1, 0.15) is 6.61 Å². The largest absolute Gasteiger partial charge is 0.516 e. The Morgan fingerprint density at radius 1 is 1.00 bits per heavy atom. The number of rotatable bonds is 8. The summed E-state index contributed by atoms with van der Waals surface area (Å²) in [6.07, 6.45) is -4.30. The summed E-state index contributed by atoms with van der Waals surface area (Å²) in [7, 11) is -5.53. The Hall–Kier alpha value is -3.13. The van der Waals surface area contributed by atoms with E-state index in [-0.39, 0.29) is 42.6 Å². The van der Waals surface area contributed by atoms with Gasteiger partial charge < -0.3 is 9.26 Å². The third kappa shape index (κ3) is 6.44. The van der Waals surface area contributed by atoms with Crippen LogP contribution in [0.2, 0.25) is 0 Å². The molecule has 1 aromatic heterocycles. The molecule has 0 aliphatic heterocycles. The lowest BCUT2D eigenvalue weighted by molar-refractivity contribution is -0.137. The first-order valence-corrected chi connectivity index (χ1v) is 10.6. The van der Waals surface area contributed by atoms with Gasteiger partial charge >= 0.3 is 21.7 Å². The van der Waals surface area contributed by atoms with E-state index < -0.39 is 27.3 Å². The highest BCUT2D eigenvalue weighted by atomic mass is 32.2. The van der Waals surface area contributed by atoms with Gasteiger partial charge in [0.15, 0.2) is 5.82 Å². The maximum atomic E-state index is 12.8. The number of ether oxygens (including phenoxy) is 1. The molecule has 0 aliphatic carbocycles. The molecule has 3 aromatic rings. The summed E-state index contributed by atoms with van der Waals surface area (Å²) in [5.74, 6) is -0.0431. The molecule has 14 heteroatoms. The van der Waals surface area contributed by atoms with Gasteiger partial charge in [-0.05, 0) is 42.3 Å². The highest BCUT2D eigenvalue weighted by Crippen LogP contribution is 2.31. The predicted octanol–water partition coefficient (Wildman–Crippen LogP) is 4.78. The summed E-state index contributed by atoms with van der Waals surface area (Å²) >= 11 is 0. The number of benzene rings is 2. The maximum absolute atomic E-state index is 12.8. The van der Waals surface area contributed by atoms with E-state index in [9.17, 15) is 34.8 Å². The van der Waals surface area contributed by atoms with Crippen LogP contribution in [0.1, 0.15) is 17.0 Å². The number of aromatic nitrogens is 2.